The van der Waals surface area contributed by atoms with Crippen molar-refractivity contribution in [3.05, 3.63) is 57.9 Å². The van der Waals surface area contributed by atoms with Gasteiger partial charge < -0.3 is 9.30 Å². The minimum absolute atomic E-state index is 0.113. The highest BCUT2D eigenvalue weighted by molar-refractivity contribution is 7.92. The number of rotatable bonds is 6. The highest BCUT2D eigenvalue weighted by Gasteiger charge is 2.24. The maximum Gasteiger partial charge on any atom is 0.261 e. The number of sulfonamides is 1. The third-order valence-electron chi connectivity index (χ3n) is 4.36. The number of hydrogen-bond acceptors (Lipinski definition) is 5. The smallest absolute Gasteiger partial charge is 0.261 e. The first-order valence-electron chi connectivity index (χ1n) is 8.86. The number of aryl methyl sites for hydroxylation is 2. The second-order valence-corrected chi connectivity index (χ2v) is 8.47. The van der Waals surface area contributed by atoms with E-state index in [1.165, 1.54) is 37.0 Å². The fourth-order valence-electron chi connectivity index (χ4n) is 2.89. The molecule has 0 fully saturated rings. The number of fused-ring (bicyclic) bond motifs is 1. The summed E-state index contributed by atoms with van der Waals surface area (Å²) < 4.78 is 75.4. The van der Waals surface area contributed by atoms with Gasteiger partial charge in [-0.2, -0.15) is 4.39 Å². The van der Waals surface area contributed by atoms with Crippen molar-refractivity contribution in [3.8, 4) is 11.5 Å². The van der Waals surface area contributed by atoms with Crippen molar-refractivity contribution in [2.24, 2.45) is 7.05 Å². The van der Waals surface area contributed by atoms with E-state index in [9.17, 15) is 26.4 Å². The van der Waals surface area contributed by atoms with Crippen LogP contribution in [0.1, 0.15) is 18.9 Å². The summed E-state index contributed by atoms with van der Waals surface area (Å²) in [5, 5.41) is 0.165. The monoisotopic (exact) mass is 441 g/mol. The van der Waals surface area contributed by atoms with E-state index < -0.39 is 44.5 Å². The molecule has 1 N–H and O–H groups in total. The third kappa shape index (κ3) is 3.97. The maximum atomic E-state index is 14.8. The second kappa shape index (κ2) is 7.98. The topological polar surface area (TPSA) is 90.3 Å². The van der Waals surface area contributed by atoms with Gasteiger partial charge in [-0.05, 0) is 25.5 Å². The molecular weight excluding hydrogens is 423 g/mol. The Morgan fingerprint density at radius 1 is 1.20 bits per heavy atom. The van der Waals surface area contributed by atoms with Gasteiger partial charge in [0.25, 0.3) is 5.56 Å². The molecule has 2 aromatic carbocycles. The molecule has 1 heterocycles. The lowest BCUT2D eigenvalue weighted by atomic mass is 10.1. The van der Waals surface area contributed by atoms with Gasteiger partial charge in [-0.25, -0.2) is 22.2 Å². The van der Waals surface area contributed by atoms with Crippen LogP contribution >= 0.6 is 0 Å². The molecular formula is C19H18F3N3O4S. The summed E-state index contributed by atoms with van der Waals surface area (Å²) in [5.74, 6) is -6.14. The van der Waals surface area contributed by atoms with E-state index in [0.717, 1.165) is 0 Å². The van der Waals surface area contributed by atoms with E-state index in [4.69, 9.17) is 4.74 Å². The molecule has 0 spiro atoms. The number of halogens is 3. The maximum absolute atomic E-state index is 14.8. The molecule has 0 radical (unpaired) electrons. The van der Waals surface area contributed by atoms with Crippen molar-refractivity contribution in [2.45, 2.75) is 20.3 Å². The van der Waals surface area contributed by atoms with Gasteiger partial charge in [0.15, 0.2) is 11.6 Å². The molecule has 0 aliphatic carbocycles. The van der Waals surface area contributed by atoms with E-state index in [2.05, 4.69) is 4.98 Å². The first-order valence-corrected chi connectivity index (χ1v) is 10.5. The highest BCUT2D eigenvalue weighted by atomic mass is 32.2. The van der Waals surface area contributed by atoms with Gasteiger partial charge in [0, 0.05) is 18.7 Å². The van der Waals surface area contributed by atoms with Gasteiger partial charge in [0.05, 0.1) is 28.7 Å². The van der Waals surface area contributed by atoms with Gasteiger partial charge in [0.2, 0.25) is 21.6 Å². The van der Waals surface area contributed by atoms with Gasteiger partial charge in [-0.3, -0.25) is 9.52 Å². The van der Waals surface area contributed by atoms with Crippen LogP contribution in [0, 0.1) is 24.4 Å². The third-order valence-corrected chi connectivity index (χ3v) is 5.84. The molecule has 7 nitrogen and oxygen atoms in total. The summed E-state index contributed by atoms with van der Waals surface area (Å²) >= 11 is 0. The average Bonchev–Trinajstić information content (AvgIpc) is 2.67. The fourth-order valence-corrected chi connectivity index (χ4v) is 4.01. The molecule has 160 valence electrons. The summed E-state index contributed by atoms with van der Waals surface area (Å²) in [6, 6.07) is 3.14. The van der Waals surface area contributed by atoms with E-state index >= 15 is 0 Å². The first-order chi connectivity index (χ1) is 14.1. The molecule has 0 unspecified atom stereocenters. The molecule has 11 heteroatoms. The Morgan fingerprint density at radius 3 is 2.57 bits per heavy atom. The Morgan fingerprint density at radius 2 is 1.90 bits per heavy atom. The van der Waals surface area contributed by atoms with E-state index in [0.29, 0.717) is 11.6 Å². The summed E-state index contributed by atoms with van der Waals surface area (Å²) in [6.45, 7) is 3.08. The number of benzene rings is 2. The SMILES string of the molecule is CCCS(=O)(=O)Nc1cc(F)c(F)c(Oc2ccc3ncn(C)c(=O)c3c2C)c1F. The van der Waals surface area contributed by atoms with Crippen LogP contribution in [0.3, 0.4) is 0 Å². The zero-order chi connectivity index (χ0) is 22.2. The molecule has 0 atom stereocenters. The Bertz CT molecular complexity index is 1310. The summed E-state index contributed by atoms with van der Waals surface area (Å²) in [4.78, 5) is 16.5. The molecule has 0 amide bonds. The van der Waals surface area contributed by atoms with Crippen LogP contribution in [0.2, 0.25) is 0 Å². The lowest BCUT2D eigenvalue weighted by Gasteiger charge is -2.15. The average molecular weight is 441 g/mol. The van der Waals surface area contributed by atoms with E-state index in [1.807, 2.05) is 4.72 Å². The number of ether oxygens (including phenoxy) is 1. The van der Waals surface area contributed by atoms with Crippen LogP contribution in [0.15, 0.2) is 29.3 Å². The quantitative estimate of drug-likeness (QED) is 0.591. The standard InChI is InChI=1S/C19H18F3N3O4S/c1-4-7-30(27,28)24-13-8-11(20)16(21)18(17(13)22)29-14-6-5-12-15(10(14)2)19(26)25(3)9-23-12/h5-6,8-9,24H,4,7H2,1-3H3. The van der Waals surface area contributed by atoms with Crippen molar-refractivity contribution in [1.29, 1.82) is 0 Å². The number of aromatic nitrogens is 2. The van der Waals surface area contributed by atoms with Crippen LogP contribution in [0.25, 0.3) is 10.9 Å². The molecule has 1 aromatic heterocycles. The predicted molar refractivity (Wildman–Crippen MR) is 106 cm³/mol. The number of anilines is 1. The zero-order valence-electron chi connectivity index (χ0n) is 16.3. The lowest BCUT2D eigenvalue weighted by molar-refractivity contribution is 0.387. The Hall–Kier alpha value is -3.08. The van der Waals surface area contributed by atoms with Crippen molar-refractivity contribution < 1.29 is 26.3 Å². The lowest BCUT2D eigenvalue weighted by Crippen LogP contribution is -2.18. The summed E-state index contributed by atoms with van der Waals surface area (Å²) in [7, 11) is -2.47. The summed E-state index contributed by atoms with van der Waals surface area (Å²) in [6.07, 6.45) is 1.56. The minimum atomic E-state index is -3.96. The predicted octanol–water partition coefficient (Wildman–Crippen LogP) is 3.60. The summed E-state index contributed by atoms with van der Waals surface area (Å²) in [5.41, 5.74) is -0.613. The Kier molecular flexibility index (Phi) is 5.75. The molecule has 30 heavy (non-hydrogen) atoms. The molecule has 0 aliphatic rings. The van der Waals surface area contributed by atoms with E-state index in [-0.39, 0.29) is 28.9 Å². The number of nitrogens with one attached hydrogen (secondary N) is 1. The van der Waals surface area contributed by atoms with Crippen molar-refractivity contribution in [1.82, 2.24) is 9.55 Å². The molecule has 0 bridgehead atoms. The van der Waals surface area contributed by atoms with Gasteiger partial charge >= 0.3 is 0 Å². The number of hydrogen-bond donors (Lipinski definition) is 1. The first kappa shape index (κ1) is 21.6. The van der Waals surface area contributed by atoms with Crippen molar-refractivity contribution in [2.75, 3.05) is 10.5 Å². The van der Waals surface area contributed by atoms with Crippen LogP contribution in [-0.2, 0) is 17.1 Å². The number of nitrogens with zero attached hydrogens (tertiary/aromatic N) is 2. The van der Waals surface area contributed by atoms with Crippen LogP contribution in [-0.4, -0.2) is 23.7 Å². The Balaban J connectivity index is 2.12. The molecule has 3 rings (SSSR count). The molecule has 3 aromatic rings. The van der Waals surface area contributed by atoms with Crippen LogP contribution in [0.5, 0.6) is 11.5 Å². The van der Waals surface area contributed by atoms with Gasteiger partial charge in [0.1, 0.15) is 5.75 Å². The van der Waals surface area contributed by atoms with Crippen LogP contribution in [0.4, 0.5) is 18.9 Å². The zero-order valence-corrected chi connectivity index (χ0v) is 17.1. The van der Waals surface area contributed by atoms with Crippen LogP contribution < -0.4 is 15.0 Å². The van der Waals surface area contributed by atoms with Crippen molar-refractivity contribution in [3.63, 3.8) is 0 Å². The van der Waals surface area contributed by atoms with Crippen molar-refractivity contribution >= 4 is 26.6 Å². The minimum Gasteiger partial charge on any atom is -0.451 e. The largest absolute Gasteiger partial charge is 0.451 e. The van der Waals surface area contributed by atoms with Gasteiger partial charge in [-0.15, -0.1) is 0 Å². The van der Waals surface area contributed by atoms with Gasteiger partial charge in [-0.1, -0.05) is 6.92 Å². The molecule has 0 saturated carbocycles. The fraction of sp³-hybridized carbons (Fsp3) is 0.263. The van der Waals surface area contributed by atoms with E-state index in [1.54, 1.807) is 6.92 Å². The molecule has 0 aliphatic heterocycles. The normalized spacial score (nSPS) is 11.7. The Labute approximate surface area is 170 Å². The second-order valence-electron chi connectivity index (χ2n) is 6.63. The molecule has 0 saturated heterocycles. The highest BCUT2D eigenvalue weighted by Crippen LogP contribution is 2.36.